The molecule has 0 spiro atoms. The normalized spacial score (nSPS) is 31.3. The first-order valence-corrected chi connectivity index (χ1v) is 10.5. The van der Waals surface area contributed by atoms with Gasteiger partial charge in [-0.3, -0.25) is 4.79 Å². The molecule has 4 nitrogen and oxygen atoms in total. The van der Waals surface area contributed by atoms with E-state index in [2.05, 4.69) is 17.0 Å². The standard InChI is InChI=1S/C23H29F2NO3/c1-14(23-11-16-7-17(12-23)9-18(8-16)13-23)26-21(27)6-4-15-3-5-19(29-22(24)25)20(10-15)28-2/h3-6,10,14,16-18,22H,7-9,11-13H2,1-2H3,(H,26,27)/b6-4+/t14-,16?,17?,18?,23?/m1/s1. The maximum Gasteiger partial charge on any atom is 0.387 e. The molecule has 5 rings (SSSR count). The number of ether oxygens (including phenoxy) is 2. The van der Waals surface area contributed by atoms with E-state index in [1.54, 1.807) is 18.2 Å². The van der Waals surface area contributed by atoms with Crippen LogP contribution in [0, 0.1) is 23.2 Å². The van der Waals surface area contributed by atoms with Crippen LogP contribution in [0.1, 0.15) is 51.0 Å². The molecule has 0 aliphatic heterocycles. The van der Waals surface area contributed by atoms with Gasteiger partial charge in [0.1, 0.15) is 0 Å². The van der Waals surface area contributed by atoms with Crippen LogP contribution in [-0.2, 0) is 4.79 Å². The SMILES string of the molecule is COc1cc(/C=C/C(=O)N[C@H](C)C23CC4CC(CC(C4)C2)C3)ccc1OC(F)F. The van der Waals surface area contributed by atoms with Crippen molar-refractivity contribution in [3.05, 3.63) is 29.8 Å². The van der Waals surface area contributed by atoms with Crippen molar-refractivity contribution in [2.24, 2.45) is 23.2 Å². The highest BCUT2D eigenvalue weighted by atomic mass is 19.3. The zero-order valence-corrected chi connectivity index (χ0v) is 17.0. The molecule has 1 N–H and O–H groups in total. The van der Waals surface area contributed by atoms with Crippen LogP contribution in [0.2, 0.25) is 0 Å². The van der Waals surface area contributed by atoms with Crippen LogP contribution in [0.15, 0.2) is 24.3 Å². The fourth-order valence-corrected chi connectivity index (χ4v) is 6.28. The van der Waals surface area contributed by atoms with E-state index in [1.165, 1.54) is 57.8 Å². The van der Waals surface area contributed by atoms with Gasteiger partial charge < -0.3 is 14.8 Å². The summed E-state index contributed by atoms with van der Waals surface area (Å²) in [6.07, 6.45) is 11.0. The van der Waals surface area contributed by atoms with E-state index >= 15 is 0 Å². The van der Waals surface area contributed by atoms with Crippen LogP contribution in [0.5, 0.6) is 11.5 Å². The van der Waals surface area contributed by atoms with Gasteiger partial charge in [-0.15, -0.1) is 0 Å². The number of rotatable bonds is 7. The molecule has 4 saturated carbocycles. The van der Waals surface area contributed by atoms with Crippen LogP contribution in [-0.4, -0.2) is 25.7 Å². The highest BCUT2D eigenvalue weighted by Gasteiger charge is 2.53. The monoisotopic (exact) mass is 405 g/mol. The molecule has 1 amide bonds. The van der Waals surface area contributed by atoms with E-state index in [1.807, 2.05) is 0 Å². The fraction of sp³-hybridized carbons (Fsp3) is 0.609. The zero-order chi connectivity index (χ0) is 20.6. The van der Waals surface area contributed by atoms with E-state index in [0.29, 0.717) is 5.56 Å². The van der Waals surface area contributed by atoms with Crippen molar-refractivity contribution in [1.82, 2.24) is 5.32 Å². The van der Waals surface area contributed by atoms with E-state index in [0.717, 1.165) is 17.8 Å². The Bertz CT molecular complexity index is 757. The van der Waals surface area contributed by atoms with Gasteiger partial charge in [0.05, 0.1) is 7.11 Å². The quantitative estimate of drug-likeness (QED) is 0.647. The zero-order valence-electron chi connectivity index (χ0n) is 17.0. The minimum atomic E-state index is -2.91. The van der Waals surface area contributed by atoms with Crippen molar-refractivity contribution in [3.63, 3.8) is 0 Å². The van der Waals surface area contributed by atoms with Crippen molar-refractivity contribution in [2.45, 2.75) is 58.1 Å². The molecule has 4 aliphatic rings. The molecule has 1 aromatic carbocycles. The lowest BCUT2D eigenvalue weighted by atomic mass is 9.48. The lowest BCUT2D eigenvalue weighted by Gasteiger charge is -2.59. The van der Waals surface area contributed by atoms with Gasteiger partial charge in [0.25, 0.3) is 0 Å². The third kappa shape index (κ3) is 4.26. The average Bonchev–Trinajstić information content (AvgIpc) is 2.65. The lowest BCUT2D eigenvalue weighted by molar-refractivity contribution is -0.121. The molecule has 4 bridgehead atoms. The van der Waals surface area contributed by atoms with Crippen molar-refractivity contribution in [1.29, 1.82) is 0 Å². The number of halogens is 2. The van der Waals surface area contributed by atoms with Gasteiger partial charge in [0.2, 0.25) is 5.91 Å². The molecule has 1 atom stereocenters. The molecule has 0 saturated heterocycles. The summed E-state index contributed by atoms with van der Waals surface area (Å²) in [4.78, 5) is 12.5. The van der Waals surface area contributed by atoms with Crippen LogP contribution < -0.4 is 14.8 Å². The Hall–Kier alpha value is -2.11. The molecule has 158 valence electrons. The van der Waals surface area contributed by atoms with Gasteiger partial charge in [-0.1, -0.05) is 6.07 Å². The first kappa shape index (κ1) is 20.2. The molecule has 6 heteroatoms. The van der Waals surface area contributed by atoms with Gasteiger partial charge in [-0.2, -0.15) is 8.78 Å². The summed E-state index contributed by atoms with van der Waals surface area (Å²) in [6, 6.07) is 4.77. The Labute approximate surface area is 170 Å². The minimum Gasteiger partial charge on any atom is -0.493 e. The average molecular weight is 405 g/mol. The van der Waals surface area contributed by atoms with E-state index < -0.39 is 6.61 Å². The molecule has 4 fully saturated rings. The highest BCUT2D eigenvalue weighted by Crippen LogP contribution is 2.61. The van der Waals surface area contributed by atoms with Crippen LogP contribution in [0.25, 0.3) is 6.08 Å². The van der Waals surface area contributed by atoms with Gasteiger partial charge in [0, 0.05) is 12.1 Å². The molecule has 0 heterocycles. The lowest BCUT2D eigenvalue weighted by Crippen LogP contribution is -2.55. The maximum atomic E-state index is 12.5. The molecule has 4 aliphatic carbocycles. The van der Waals surface area contributed by atoms with Gasteiger partial charge in [-0.25, -0.2) is 0 Å². The van der Waals surface area contributed by atoms with Crippen LogP contribution in [0.4, 0.5) is 8.78 Å². The Morgan fingerprint density at radius 2 is 1.76 bits per heavy atom. The summed E-state index contributed by atoms with van der Waals surface area (Å²) in [7, 11) is 1.39. The second kappa shape index (κ2) is 7.96. The third-order valence-electron chi connectivity index (χ3n) is 7.19. The Morgan fingerprint density at radius 1 is 1.14 bits per heavy atom. The summed E-state index contributed by atoms with van der Waals surface area (Å²) in [6.45, 7) is -0.764. The molecule has 29 heavy (non-hydrogen) atoms. The first-order chi connectivity index (χ1) is 13.9. The topological polar surface area (TPSA) is 47.6 Å². The Balaban J connectivity index is 1.39. The van der Waals surface area contributed by atoms with Gasteiger partial charge in [0.15, 0.2) is 11.5 Å². The van der Waals surface area contributed by atoms with Gasteiger partial charge in [-0.05, 0) is 92.4 Å². The van der Waals surface area contributed by atoms with E-state index in [9.17, 15) is 13.6 Å². The second-order valence-corrected chi connectivity index (χ2v) is 9.13. The van der Waals surface area contributed by atoms with Crippen molar-refractivity contribution in [3.8, 4) is 11.5 Å². The minimum absolute atomic E-state index is 0.0282. The fourth-order valence-electron chi connectivity index (χ4n) is 6.28. The largest absolute Gasteiger partial charge is 0.493 e. The Morgan fingerprint density at radius 3 is 2.31 bits per heavy atom. The number of benzene rings is 1. The third-order valence-corrected chi connectivity index (χ3v) is 7.19. The molecule has 0 unspecified atom stereocenters. The number of alkyl halides is 2. The van der Waals surface area contributed by atoms with Crippen molar-refractivity contribution >= 4 is 12.0 Å². The summed E-state index contributed by atoms with van der Waals surface area (Å²) < 4.78 is 34.4. The molecular weight excluding hydrogens is 376 g/mol. The number of amides is 1. The predicted molar refractivity (Wildman–Crippen MR) is 107 cm³/mol. The second-order valence-electron chi connectivity index (χ2n) is 9.13. The van der Waals surface area contributed by atoms with Gasteiger partial charge >= 0.3 is 6.61 Å². The van der Waals surface area contributed by atoms with Crippen molar-refractivity contribution < 1.29 is 23.0 Å². The summed E-state index contributed by atoms with van der Waals surface area (Å²) >= 11 is 0. The summed E-state index contributed by atoms with van der Waals surface area (Å²) in [5.74, 6) is 2.59. The highest BCUT2D eigenvalue weighted by molar-refractivity contribution is 5.92. The van der Waals surface area contributed by atoms with Crippen LogP contribution in [0.3, 0.4) is 0 Å². The number of carbonyl (C=O) groups is 1. The van der Waals surface area contributed by atoms with E-state index in [-0.39, 0.29) is 28.9 Å². The number of carbonyl (C=O) groups excluding carboxylic acids is 1. The first-order valence-electron chi connectivity index (χ1n) is 10.5. The van der Waals surface area contributed by atoms with Crippen LogP contribution >= 0.6 is 0 Å². The summed E-state index contributed by atoms with van der Waals surface area (Å²) in [5.41, 5.74) is 0.941. The number of hydrogen-bond donors (Lipinski definition) is 1. The molecule has 1 aromatic rings. The Kier molecular flexibility index (Phi) is 5.54. The summed E-state index contributed by atoms with van der Waals surface area (Å²) in [5, 5.41) is 3.19. The molecule has 0 radical (unpaired) electrons. The smallest absolute Gasteiger partial charge is 0.387 e. The number of hydrogen-bond acceptors (Lipinski definition) is 3. The van der Waals surface area contributed by atoms with E-state index in [4.69, 9.17) is 4.74 Å². The maximum absolute atomic E-state index is 12.5. The number of nitrogens with one attached hydrogen (secondary N) is 1. The number of methoxy groups -OCH3 is 1. The molecular formula is C23H29F2NO3. The van der Waals surface area contributed by atoms with Crippen molar-refractivity contribution in [2.75, 3.05) is 7.11 Å². The molecule has 0 aromatic heterocycles. The predicted octanol–water partition coefficient (Wildman–Crippen LogP) is 5.03.